The fourth-order valence-electron chi connectivity index (χ4n) is 4.83. The molecular weight excluding hydrogens is 520 g/mol. The van der Waals surface area contributed by atoms with E-state index in [2.05, 4.69) is 26.0 Å². The van der Waals surface area contributed by atoms with Crippen LogP contribution >= 0.6 is 0 Å². The summed E-state index contributed by atoms with van der Waals surface area (Å²) in [6.07, 6.45) is 5.45. The number of hydrogen-bond acceptors (Lipinski definition) is 8. The highest BCUT2D eigenvalue weighted by Crippen LogP contribution is 2.22. The Labute approximate surface area is 237 Å². The number of nitrogens with zero attached hydrogens (tertiary/aromatic N) is 6. The number of ether oxygens (including phenoxy) is 1. The van der Waals surface area contributed by atoms with Gasteiger partial charge in [0.25, 0.3) is 5.56 Å². The fourth-order valence-corrected chi connectivity index (χ4v) is 4.83. The van der Waals surface area contributed by atoms with Crippen molar-refractivity contribution in [2.24, 2.45) is 5.92 Å². The van der Waals surface area contributed by atoms with Gasteiger partial charge in [-0.15, -0.1) is 0 Å². The molecule has 1 aliphatic rings. The number of aromatic nitrogens is 4. The molecule has 10 heteroatoms. The van der Waals surface area contributed by atoms with Gasteiger partial charge in [0.05, 0.1) is 49.3 Å². The van der Waals surface area contributed by atoms with Crippen molar-refractivity contribution in [3.8, 4) is 34.5 Å². The number of hydrogen-bond donors (Lipinski definition) is 1. The lowest BCUT2D eigenvalue weighted by molar-refractivity contribution is -0.137. The zero-order valence-electron chi connectivity index (χ0n) is 22.5. The number of rotatable bonds is 10. The van der Waals surface area contributed by atoms with E-state index in [9.17, 15) is 14.9 Å². The normalized spacial score (nSPS) is 13.9. The molecule has 1 fully saturated rings. The molecule has 2 aromatic heterocycles. The van der Waals surface area contributed by atoms with Crippen molar-refractivity contribution < 1.29 is 14.6 Å². The summed E-state index contributed by atoms with van der Waals surface area (Å²) >= 11 is 0. The van der Waals surface area contributed by atoms with Crippen LogP contribution in [0.2, 0.25) is 0 Å². The number of aliphatic carboxylic acids is 1. The van der Waals surface area contributed by atoms with E-state index in [1.807, 2.05) is 30.3 Å². The van der Waals surface area contributed by atoms with Crippen LogP contribution < -0.4 is 10.3 Å². The number of nitriles is 1. The van der Waals surface area contributed by atoms with Gasteiger partial charge in [-0.3, -0.25) is 9.59 Å². The lowest BCUT2D eigenvalue weighted by Gasteiger charge is -2.31. The predicted octanol–water partition coefficient (Wildman–Crippen LogP) is 3.85. The molecule has 0 bridgehead atoms. The van der Waals surface area contributed by atoms with Crippen molar-refractivity contribution in [2.45, 2.75) is 25.8 Å². The average molecular weight is 551 g/mol. The minimum absolute atomic E-state index is 0.176. The van der Waals surface area contributed by atoms with Crippen molar-refractivity contribution in [1.82, 2.24) is 24.6 Å². The van der Waals surface area contributed by atoms with E-state index in [0.29, 0.717) is 41.9 Å². The summed E-state index contributed by atoms with van der Waals surface area (Å²) < 4.78 is 7.35. The number of carboxylic acid groups (broad SMARTS) is 1. The maximum absolute atomic E-state index is 12.6. The second-order valence-electron chi connectivity index (χ2n) is 10.1. The first-order valence-corrected chi connectivity index (χ1v) is 13.5. The standard InChI is InChI=1S/C31H30N6O4/c32-17-23-3-1-5-25(15-23)28-7-8-29(38)37(35-28)20-24-4-2-6-26(16-24)31-33-18-27(19-34-31)41-21-22-9-12-36(13-10-22)14-11-30(39)40/h1-8,15-16,18-19,22H,9-14,20-21H2,(H,39,40). The number of carboxylic acids is 1. The maximum atomic E-state index is 12.6. The van der Waals surface area contributed by atoms with Gasteiger partial charge in [0.2, 0.25) is 0 Å². The minimum atomic E-state index is -0.761. The van der Waals surface area contributed by atoms with Gasteiger partial charge in [0.15, 0.2) is 11.6 Å². The van der Waals surface area contributed by atoms with Crippen LogP contribution in [0.3, 0.4) is 0 Å². The maximum Gasteiger partial charge on any atom is 0.304 e. The van der Waals surface area contributed by atoms with Gasteiger partial charge in [-0.25, -0.2) is 14.6 Å². The van der Waals surface area contributed by atoms with Crippen LogP contribution in [-0.4, -0.2) is 62.0 Å². The first kappa shape index (κ1) is 27.7. The van der Waals surface area contributed by atoms with Crippen LogP contribution in [0.5, 0.6) is 5.75 Å². The van der Waals surface area contributed by atoms with Crippen molar-refractivity contribution in [3.05, 3.63) is 94.5 Å². The second-order valence-corrected chi connectivity index (χ2v) is 10.1. The van der Waals surface area contributed by atoms with Gasteiger partial charge < -0.3 is 14.7 Å². The molecule has 2 aromatic carbocycles. The van der Waals surface area contributed by atoms with Gasteiger partial charge >= 0.3 is 5.97 Å². The van der Waals surface area contributed by atoms with E-state index in [-0.39, 0.29) is 18.5 Å². The molecule has 0 spiro atoms. The molecule has 0 amide bonds. The summed E-state index contributed by atoms with van der Waals surface area (Å²) in [7, 11) is 0. The Bertz CT molecular complexity index is 1600. The van der Waals surface area contributed by atoms with Crippen LogP contribution in [0.1, 0.15) is 30.4 Å². The van der Waals surface area contributed by atoms with Gasteiger partial charge in [0.1, 0.15) is 0 Å². The monoisotopic (exact) mass is 550 g/mol. The third-order valence-corrected chi connectivity index (χ3v) is 7.13. The molecule has 0 aliphatic carbocycles. The number of benzene rings is 2. The molecule has 5 rings (SSSR count). The summed E-state index contributed by atoms with van der Waals surface area (Å²) in [6, 6.07) is 20.1. The summed E-state index contributed by atoms with van der Waals surface area (Å²) in [5.74, 6) is 0.807. The van der Waals surface area contributed by atoms with Crippen molar-refractivity contribution in [3.63, 3.8) is 0 Å². The molecule has 1 saturated heterocycles. The highest BCUT2D eigenvalue weighted by Gasteiger charge is 2.20. The summed E-state index contributed by atoms with van der Waals surface area (Å²) in [5, 5.41) is 22.6. The smallest absolute Gasteiger partial charge is 0.304 e. The van der Waals surface area contributed by atoms with E-state index in [1.54, 1.807) is 36.7 Å². The number of carbonyl (C=O) groups is 1. The molecule has 10 nitrogen and oxygen atoms in total. The van der Waals surface area contributed by atoms with Crippen LogP contribution in [0.4, 0.5) is 0 Å². The minimum Gasteiger partial charge on any atom is -0.490 e. The quantitative estimate of drug-likeness (QED) is 0.312. The van der Waals surface area contributed by atoms with Gasteiger partial charge in [-0.1, -0.05) is 30.3 Å². The topological polar surface area (TPSA) is 134 Å². The molecule has 1 aliphatic heterocycles. The third kappa shape index (κ3) is 7.41. The number of likely N-dealkylation sites (tertiary alicyclic amines) is 1. The van der Waals surface area contributed by atoms with Gasteiger partial charge in [0, 0.05) is 23.7 Å². The fraction of sp³-hybridized carbons (Fsp3) is 0.290. The number of piperidine rings is 1. The Hall–Kier alpha value is -4.88. The SMILES string of the molecule is N#Cc1cccc(-c2ccc(=O)n(Cc3cccc(-c4ncc(OCC5CCN(CCC(=O)O)CC5)cn4)c3)n2)c1. The summed E-state index contributed by atoms with van der Waals surface area (Å²) in [6.45, 7) is 3.21. The summed E-state index contributed by atoms with van der Waals surface area (Å²) in [5.41, 5.74) is 3.37. The Kier molecular flexibility index (Phi) is 8.76. The van der Waals surface area contributed by atoms with Gasteiger partial charge in [-0.05, 0) is 61.7 Å². The largest absolute Gasteiger partial charge is 0.490 e. The Morgan fingerprint density at radius 1 is 1.02 bits per heavy atom. The highest BCUT2D eigenvalue weighted by atomic mass is 16.5. The third-order valence-electron chi connectivity index (χ3n) is 7.13. The van der Waals surface area contributed by atoms with Crippen LogP contribution in [-0.2, 0) is 11.3 Å². The van der Waals surface area contributed by atoms with E-state index in [4.69, 9.17) is 9.84 Å². The van der Waals surface area contributed by atoms with Gasteiger partial charge in [-0.2, -0.15) is 10.4 Å². The van der Waals surface area contributed by atoms with E-state index < -0.39 is 5.97 Å². The lowest BCUT2D eigenvalue weighted by atomic mass is 9.98. The molecule has 0 saturated carbocycles. The average Bonchev–Trinajstić information content (AvgIpc) is 3.01. The lowest BCUT2D eigenvalue weighted by Crippen LogP contribution is -2.36. The second kappa shape index (κ2) is 13.0. The summed E-state index contributed by atoms with van der Waals surface area (Å²) in [4.78, 5) is 34.5. The van der Waals surface area contributed by atoms with Crippen molar-refractivity contribution in [1.29, 1.82) is 5.26 Å². The van der Waals surface area contributed by atoms with Crippen LogP contribution in [0.15, 0.2) is 77.9 Å². The molecule has 0 radical (unpaired) electrons. The van der Waals surface area contributed by atoms with Crippen LogP contribution in [0.25, 0.3) is 22.6 Å². The molecular formula is C31H30N6O4. The Balaban J connectivity index is 1.20. The predicted molar refractivity (Wildman–Crippen MR) is 152 cm³/mol. The molecule has 0 unspecified atom stereocenters. The van der Waals surface area contributed by atoms with Crippen molar-refractivity contribution in [2.75, 3.05) is 26.2 Å². The highest BCUT2D eigenvalue weighted by molar-refractivity contribution is 5.66. The van der Waals surface area contributed by atoms with E-state index in [1.165, 1.54) is 10.7 Å². The molecule has 208 valence electrons. The van der Waals surface area contributed by atoms with Crippen molar-refractivity contribution >= 4 is 5.97 Å². The molecule has 4 aromatic rings. The molecule has 41 heavy (non-hydrogen) atoms. The zero-order valence-corrected chi connectivity index (χ0v) is 22.5. The van der Waals surface area contributed by atoms with E-state index in [0.717, 1.165) is 42.6 Å². The Morgan fingerprint density at radius 2 is 1.78 bits per heavy atom. The van der Waals surface area contributed by atoms with Crippen LogP contribution in [0, 0.1) is 17.2 Å². The molecule has 1 N–H and O–H groups in total. The zero-order chi connectivity index (χ0) is 28.6. The molecule has 0 atom stereocenters. The Morgan fingerprint density at radius 3 is 2.54 bits per heavy atom. The molecule has 3 heterocycles. The first-order valence-electron chi connectivity index (χ1n) is 13.5. The van der Waals surface area contributed by atoms with E-state index >= 15 is 0 Å². The first-order chi connectivity index (χ1) is 20.0.